The molecule has 4 rings (SSSR count). The Morgan fingerprint density at radius 1 is 0.854 bits per heavy atom. The minimum Gasteiger partial charge on any atom is -0.497 e. The number of hydrogen-bond donors (Lipinski definition) is 0. The number of carbonyl (C=O) groups excluding carboxylic acids is 2. The van der Waals surface area contributed by atoms with E-state index in [1.807, 2.05) is 65.4 Å². The summed E-state index contributed by atoms with van der Waals surface area (Å²) in [5.41, 5.74) is 2.41. The van der Waals surface area contributed by atoms with Crippen LogP contribution in [0.4, 0.5) is 0 Å². The molecule has 0 bridgehead atoms. The maximum atomic E-state index is 13.8. The summed E-state index contributed by atoms with van der Waals surface area (Å²) in [7, 11) is 5.09. The first-order chi connectivity index (χ1) is 19.8. The molecule has 0 aliphatic carbocycles. The number of carbonyl (C=O) groups is 2. The average molecular weight is 563 g/mol. The van der Waals surface area contributed by atoms with E-state index in [0.29, 0.717) is 24.3 Å². The first-order valence-corrected chi connectivity index (χ1v) is 13.8. The fourth-order valence-corrected chi connectivity index (χ4v) is 5.87. The molecule has 2 aliphatic heterocycles. The largest absolute Gasteiger partial charge is 0.497 e. The van der Waals surface area contributed by atoms with E-state index in [4.69, 9.17) is 18.9 Å². The molecular weight excluding hydrogens is 524 g/mol. The van der Waals surface area contributed by atoms with Crippen molar-refractivity contribution in [2.24, 2.45) is 5.92 Å². The molecule has 2 aromatic rings. The van der Waals surface area contributed by atoms with Crippen LogP contribution in [0.1, 0.15) is 31.4 Å². The molecule has 1 saturated heterocycles. The molecule has 2 heterocycles. The molecular formula is C31H38N4O6. The highest BCUT2D eigenvalue weighted by atomic mass is 16.5. The summed E-state index contributed by atoms with van der Waals surface area (Å²) in [4.78, 5) is 33.4. The van der Waals surface area contributed by atoms with Gasteiger partial charge in [0.1, 0.15) is 17.5 Å². The predicted octanol–water partition coefficient (Wildman–Crippen LogP) is 3.53. The van der Waals surface area contributed by atoms with Crippen LogP contribution in [0.15, 0.2) is 60.3 Å². The van der Waals surface area contributed by atoms with Gasteiger partial charge in [0.25, 0.3) is 0 Å². The van der Waals surface area contributed by atoms with Gasteiger partial charge in [0, 0.05) is 37.8 Å². The molecule has 0 amide bonds. The van der Waals surface area contributed by atoms with E-state index in [1.165, 1.54) is 0 Å². The second kappa shape index (κ2) is 13.5. The average Bonchev–Trinajstić information content (AvgIpc) is 2.97. The van der Waals surface area contributed by atoms with Gasteiger partial charge in [0.2, 0.25) is 0 Å². The summed E-state index contributed by atoms with van der Waals surface area (Å²) in [5.74, 6) is 0.191. The lowest BCUT2D eigenvalue weighted by atomic mass is 9.81. The van der Waals surface area contributed by atoms with Crippen LogP contribution in [0.5, 0.6) is 11.5 Å². The van der Waals surface area contributed by atoms with E-state index in [1.54, 1.807) is 34.3 Å². The number of allylic oxidation sites excluding steroid dienone is 1. The van der Waals surface area contributed by atoms with Gasteiger partial charge in [-0.25, -0.2) is 4.79 Å². The van der Waals surface area contributed by atoms with Crippen molar-refractivity contribution >= 4 is 11.9 Å². The second-order valence-electron chi connectivity index (χ2n) is 10.1. The number of benzene rings is 2. The molecule has 0 unspecified atom stereocenters. The predicted molar refractivity (Wildman–Crippen MR) is 151 cm³/mol. The molecule has 0 saturated carbocycles. The molecule has 0 N–H and O–H groups in total. The summed E-state index contributed by atoms with van der Waals surface area (Å²) < 4.78 is 21.9. The Morgan fingerprint density at radius 3 is 1.85 bits per heavy atom. The van der Waals surface area contributed by atoms with E-state index >= 15 is 0 Å². The Kier molecular flexibility index (Phi) is 9.86. The van der Waals surface area contributed by atoms with Crippen LogP contribution in [0.2, 0.25) is 0 Å². The highest BCUT2D eigenvalue weighted by Gasteiger charge is 2.56. The zero-order valence-corrected chi connectivity index (χ0v) is 24.3. The quantitative estimate of drug-likeness (QED) is 0.400. The van der Waals surface area contributed by atoms with Crippen LogP contribution in [-0.2, 0) is 32.2 Å². The Balaban J connectivity index is 1.87. The number of methoxy groups -OCH3 is 2. The lowest BCUT2D eigenvalue weighted by Gasteiger charge is -2.57. The van der Waals surface area contributed by atoms with Crippen molar-refractivity contribution in [1.82, 2.24) is 14.7 Å². The van der Waals surface area contributed by atoms with Crippen molar-refractivity contribution in [3.63, 3.8) is 0 Å². The normalized spacial score (nSPS) is 22.6. The molecule has 0 aromatic heterocycles. The summed E-state index contributed by atoms with van der Waals surface area (Å²) in [5, 5.41) is 9.85. The van der Waals surface area contributed by atoms with Gasteiger partial charge in [-0.05, 0) is 55.7 Å². The van der Waals surface area contributed by atoms with Gasteiger partial charge in [-0.15, -0.1) is 0 Å². The third-order valence-electron chi connectivity index (χ3n) is 7.56. The Hall–Kier alpha value is -4.07. The molecule has 1 fully saturated rings. The molecule has 2 aromatic carbocycles. The molecule has 0 spiro atoms. The third-order valence-corrected chi connectivity index (χ3v) is 7.56. The first kappa shape index (κ1) is 29.9. The lowest BCUT2D eigenvalue weighted by Crippen LogP contribution is -2.73. The van der Waals surface area contributed by atoms with Crippen molar-refractivity contribution in [3.8, 4) is 17.6 Å². The summed E-state index contributed by atoms with van der Waals surface area (Å²) >= 11 is 0. The number of fused-ring (bicyclic) bond motifs is 1. The topological polar surface area (TPSA) is 105 Å². The number of nitrogens with zero attached hydrogens (tertiary/aromatic N) is 4. The van der Waals surface area contributed by atoms with Crippen LogP contribution in [-0.4, -0.2) is 79.5 Å². The van der Waals surface area contributed by atoms with Crippen LogP contribution >= 0.6 is 0 Å². The standard InChI is InChI=1S/C31H38N4O6/c1-6-40-30(36)27-26-16-23(17-32)18-33(3)28(26)35(20-22-10-14-25(39-5)15-11-22)29(31(37)41-7-2)34(27)19-21-8-12-24(38-4)13-9-21/h8-15,18,26-29H,6-7,16,19-20H2,1-5H3/t26-,27+,28-,29+/m0/s1. The van der Waals surface area contributed by atoms with Gasteiger partial charge in [0.05, 0.1) is 39.7 Å². The molecule has 41 heavy (non-hydrogen) atoms. The van der Waals surface area contributed by atoms with Gasteiger partial charge in [0.15, 0.2) is 6.17 Å². The van der Waals surface area contributed by atoms with Gasteiger partial charge in [-0.2, -0.15) is 5.26 Å². The van der Waals surface area contributed by atoms with Gasteiger partial charge >= 0.3 is 11.9 Å². The first-order valence-electron chi connectivity index (χ1n) is 13.8. The zero-order valence-electron chi connectivity index (χ0n) is 24.3. The minimum atomic E-state index is -0.908. The monoisotopic (exact) mass is 562 g/mol. The smallest absolute Gasteiger partial charge is 0.338 e. The summed E-state index contributed by atoms with van der Waals surface area (Å²) in [6, 6.07) is 16.7. The van der Waals surface area contributed by atoms with Gasteiger partial charge in [-0.3, -0.25) is 14.6 Å². The van der Waals surface area contributed by atoms with E-state index in [9.17, 15) is 14.9 Å². The summed E-state index contributed by atoms with van der Waals surface area (Å²) in [6.45, 7) is 4.58. The number of hydrogen-bond acceptors (Lipinski definition) is 10. The SMILES string of the molecule is CCOC(=O)[C@@H]1N(Cc2ccc(OC)cc2)[C@@H](C(=O)OCC)[C@@H]2CC(C#N)=CN(C)[C@H]2N1Cc1ccc(OC)cc1. The fourth-order valence-electron chi connectivity index (χ4n) is 5.87. The molecule has 218 valence electrons. The van der Waals surface area contributed by atoms with Crippen molar-refractivity contribution < 1.29 is 28.5 Å². The van der Waals surface area contributed by atoms with Crippen LogP contribution in [0, 0.1) is 17.2 Å². The van der Waals surface area contributed by atoms with E-state index < -0.39 is 24.1 Å². The number of esters is 2. The maximum Gasteiger partial charge on any atom is 0.338 e. The fraction of sp³-hybridized carbons (Fsp3) is 0.452. The maximum absolute atomic E-state index is 13.8. The molecule has 10 nitrogen and oxygen atoms in total. The second-order valence-corrected chi connectivity index (χ2v) is 10.1. The third kappa shape index (κ3) is 6.47. The Morgan fingerprint density at radius 2 is 1.37 bits per heavy atom. The number of nitriles is 1. The Bertz CT molecular complexity index is 1270. The van der Waals surface area contributed by atoms with E-state index in [2.05, 4.69) is 11.0 Å². The Labute approximate surface area is 241 Å². The van der Waals surface area contributed by atoms with Crippen LogP contribution < -0.4 is 9.47 Å². The van der Waals surface area contributed by atoms with Crippen LogP contribution in [0.3, 0.4) is 0 Å². The molecule has 10 heteroatoms. The lowest BCUT2D eigenvalue weighted by molar-refractivity contribution is -0.197. The van der Waals surface area contributed by atoms with Crippen molar-refractivity contribution in [3.05, 3.63) is 71.4 Å². The van der Waals surface area contributed by atoms with Crippen molar-refractivity contribution in [1.29, 1.82) is 5.26 Å². The van der Waals surface area contributed by atoms with Gasteiger partial charge < -0.3 is 23.8 Å². The molecule has 0 radical (unpaired) electrons. The summed E-state index contributed by atoms with van der Waals surface area (Å²) in [6.07, 6.45) is 0.869. The number of ether oxygens (including phenoxy) is 4. The van der Waals surface area contributed by atoms with Crippen molar-refractivity contribution in [2.45, 2.75) is 51.7 Å². The highest BCUT2D eigenvalue weighted by Crippen LogP contribution is 2.41. The number of rotatable bonds is 10. The molecule has 4 atom stereocenters. The van der Waals surface area contributed by atoms with Crippen molar-refractivity contribution in [2.75, 3.05) is 34.5 Å². The van der Waals surface area contributed by atoms with Crippen LogP contribution in [0.25, 0.3) is 0 Å². The van der Waals surface area contributed by atoms with Gasteiger partial charge in [-0.1, -0.05) is 24.3 Å². The molecule has 2 aliphatic rings. The minimum absolute atomic E-state index is 0.189. The van der Waals surface area contributed by atoms with E-state index in [-0.39, 0.29) is 31.8 Å². The highest BCUT2D eigenvalue weighted by molar-refractivity contribution is 5.81. The van der Waals surface area contributed by atoms with E-state index in [0.717, 1.165) is 16.9 Å². The zero-order chi connectivity index (χ0) is 29.5.